The van der Waals surface area contributed by atoms with Crippen LogP contribution in [-0.4, -0.2) is 109 Å². The van der Waals surface area contributed by atoms with Crippen molar-refractivity contribution in [2.45, 2.75) is 76.3 Å². The second-order valence-corrected chi connectivity index (χ2v) is 17.6. The Bertz CT molecular complexity index is 2220. The summed E-state index contributed by atoms with van der Waals surface area (Å²) < 4.78 is 34.0. The largest absolute Gasteiger partial charge is 0.497 e. The first kappa shape index (κ1) is 43.8. The molecule has 0 aromatic heterocycles. The summed E-state index contributed by atoms with van der Waals surface area (Å²) in [5.74, 6) is 5.10. The molecule has 11 rings (SSSR count). The van der Waals surface area contributed by atoms with Crippen molar-refractivity contribution in [1.82, 2.24) is 29.4 Å². The maximum absolute atomic E-state index is 5.67. The molecule has 5 heterocycles. The third kappa shape index (κ3) is 8.34. The monoisotopic (exact) mass is 888 g/mol. The Kier molecular flexibility index (Phi) is 12.6. The van der Waals surface area contributed by atoms with Crippen LogP contribution in [-0.2, 0) is 39.3 Å². The lowest BCUT2D eigenvalue weighted by atomic mass is 10.0. The summed E-state index contributed by atoms with van der Waals surface area (Å²) in [6.07, 6.45) is -0.0521. The number of nitrogens with zero attached hydrogens (tertiary/aromatic N) is 6. The van der Waals surface area contributed by atoms with Gasteiger partial charge in [0.2, 0.25) is 0 Å². The van der Waals surface area contributed by atoms with Gasteiger partial charge in [-0.2, -0.15) is 0 Å². The Morgan fingerprint density at radius 1 is 0.227 bits per heavy atom. The van der Waals surface area contributed by atoms with Crippen molar-refractivity contribution in [3.05, 3.63) is 179 Å². The first-order valence-electron chi connectivity index (χ1n) is 22.7. The molecule has 0 amide bonds. The number of piperazine rings is 1. The molecule has 12 nitrogen and oxygen atoms in total. The molecule has 0 N–H and O–H groups in total. The second kappa shape index (κ2) is 19.0. The van der Waals surface area contributed by atoms with Crippen LogP contribution >= 0.6 is 0 Å². The van der Waals surface area contributed by atoms with Gasteiger partial charge < -0.3 is 28.4 Å². The molecule has 0 spiro atoms. The van der Waals surface area contributed by atoms with Gasteiger partial charge in [0.25, 0.3) is 0 Å². The van der Waals surface area contributed by atoms with E-state index < -0.39 is 0 Å². The molecule has 5 fully saturated rings. The second-order valence-electron chi connectivity index (χ2n) is 17.6. The van der Waals surface area contributed by atoms with Crippen molar-refractivity contribution in [1.29, 1.82) is 0 Å². The zero-order valence-electron chi connectivity index (χ0n) is 38.7. The van der Waals surface area contributed by atoms with Gasteiger partial charge in [-0.1, -0.05) is 72.8 Å². The van der Waals surface area contributed by atoms with E-state index in [9.17, 15) is 0 Å². The van der Waals surface area contributed by atoms with E-state index in [0.29, 0.717) is 0 Å². The SMILES string of the molecule is COc1ccc(CN2C3C4N(Cc5ccc(OC)cc5)C2C2N(Cc5ccc(OC)cc5)C(C(N2Cc2ccc(OC)cc2)N4Cc2ccc(OC)cc2)N3Cc2ccc(OC)cc2)cc1. The van der Waals surface area contributed by atoms with Gasteiger partial charge in [-0.05, 0) is 106 Å². The van der Waals surface area contributed by atoms with E-state index in [1.54, 1.807) is 42.7 Å². The molecule has 0 aliphatic carbocycles. The molecule has 0 atom stereocenters. The highest BCUT2D eigenvalue weighted by atomic mass is 16.5. The number of rotatable bonds is 18. The van der Waals surface area contributed by atoms with E-state index in [1.807, 2.05) is 0 Å². The fourth-order valence-corrected chi connectivity index (χ4v) is 10.9. The molecule has 342 valence electrons. The number of ether oxygens (including phenoxy) is 6. The Hall–Kier alpha value is -6.12. The molecule has 0 unspecified atom stereocenters. The maximum atomic E-state index is 5.67. The van der Waals surface area contributed by atoms with Crippen LogP contribution in [0.5, 0.6) is 34.5 Å². The molecule has 5 aliphatic heterocycles. The Morgan fingerprint density at radius 2 is 0.348 bits per heavy atom. The summed E-state index contributed by atoms with van der Waals surface area (Å²) >= 11 is 0. The van der Waals surface area contributed by atoms with Gasteiger partial charge in [0.05, 0.1) is 79.7 Å². The maximum Gasteiger partial charge on any atom is 0.118 e. The van der Waals surface area contributed by atoms with Crippen LogP contribution in [0.3, 0.4) is 0 Å². The zero-order valence-corrected chi connectivity index (χ0v) is 38.7. The van der Waals surface area contributed by atoms with Crippen molar-refractivity contribution in [3.8, 4) is 34.5 Å². The van der Waals surface area contributed by atoms with Gasteiger partial charge >= 0.3 is 0 Å². The highest BCUT2D eigenvalue weighted by Crippen LogP contribution is 2.54. The van der Waals surface area contributed by atoms with Gasteiger partial charge in [0.15, 0.2) is 0 Å². The molecule has 12 heteroatoms. The molecule has 5 aliphatic rings. The molecule has 6 aromatic rings. The van der Waals surface area contributed by atoms with Crippen LogP contribution in [0.2, 0.25) is 0 Å². The zero-order chi connectivity index (χ0) is 45.3. The van der Waals surface area contributed by atoms with E-state index >= 15 is 0 Å². The molecule has 0 saturated carbocycles. The molecular formula is C54H60N6O6. The molecule has 6 aromatic carbocycles. The van der Waals surface area contributed by atoms with Crippen LogP contribution in [0.1, 0.15) is 33.4 Å². The summed E-state index contributed by atoms with van der Waals surface area (Å²) in [5.41, 5.74) is 7.42. The predicted molar refractivity (Wildman–Crippen MR) is 254 cm³/mol. The summed E-state index contributed by atoms with van der Waals surface area (Å²) in [7, 11) is 10.4. The van der Waals surface area contributed by atoms with Crippen LogP contribution in [0.15, 0.2) is 146 Å². The van der Waals surface area contributed by atoms with E-state index in [1.165, 1.54) is 33.4 Å². The van der Waals surface area contributed by atoms with E-state index in [4.69, 9.17) is 28.4 Å². The van der Waals surface area contributed by atoms with Crippen LogP contribution in [0, 0.1) is 0 Å². The lowest BCUT2D eigenvalue weighted by molar-refractivity contribution is -0.166. The lowest BCUT2D eigenvalue weighted by Gasteiger charge is -2.56. The van der Waals surface area contributed by atoms with Gasteiger partial charge in [-0.3, -0.25) is 29.4 Å². The minimum atomic E-state index is -0.0325. The first-order chi connectivity index (χ1) is 32.4. The van der Waals surface area contributed by atoms with Gasteiger partial charge in [0.1, 0.15) is 34.5 Å². The molecule has 66 heavy (non-hydrogen) atoms. The summed E-state index contributed by atoms with van der Waals surface area (Å²) in [6, 6.07) is 51.8. The van der Waals surface area contributed by atoms with Crippen molar-refractivity contribution >= 4 is 0 Å². The van der Waals surface area contributed by atoms with Crippen LogP contribution < -0.4 is 28.4 Å². The standard InChI is InChI=1S/C54H60N6O6/c1-61-43-19-7-37(8-20-43)31-55-49-50-56(32-38-9-21-44(62-2)22-10-38)53(55)54-57(33-39-11-23-45(63-3)24-12-39)51(59(49)35-41-15-27-47(65-5)28-16-41)52(58(54)34-40-13-25-46(64-4)26-14-40)60(50)36-42-17-29-48(66-6)30-18-42/h7-30,49-54H,31-36H2,1-6H3. The molecule has 6 bridgehead atoms. The normalized spacial score (nSPS) is 23.0. The quantitative estimate of drug-likeness (QED) is 0.0839. The number of benzene rings is 6. The van der Waals surface area contributed by atoms with Gasteiger partial charge in [-0.25, -0.2) is 0 Å². The van der Waals surface area contributed by atoms with E-state index in [0.717, 1.165) is 73.8 Å². The fraction of sp³-hybridized carbons (Fsp3) is 0.333. The average molecular weight is 889 g/mol. The average Bonchev–Trinajstić information content (AvgIpc) is 3.79. The van der Waals surface area contributed by atoms with Crippen LogP contribution in [0.25, 0.3) is 0 Å². The molecule has 5 saturated heterocycles. The fourth-order valence-electron chi connectivity index (χ4n) is 10.9. The van der Waals surface area contributed by atoms with Crippen molar-refractivity contribution < 1.29 is 28.4 Å². The molecule has 0 radical (unpaired) electrons. The Balaban J connectivity index is 1.20. The van der Waals surface area contributed by atoms with Crippen molar-refractivity contribution in [3.63, 3.8) is 0 Å². The third-order valence-electron chi connectivity index (χ3n) is 14.0. The van der Waals surface area contributed by atoms with Crippen molar-refractivity contribution in [2.75, 3.05) is 42.7 Å². The Morgan fingerprint density at radius 3 is 0.455 bits per heavy atom. The smallest absolute Gasteiger partial charge is 0.118 e. The molecular weight excluding hydrogens is 829 g/mol. The van der Waals surface area contributed by atoms with E-state index in [-0.39, 0.29) is 37.0 Å². The highest BCUT2D eigenvalue weighted by Gasteiger charge is 2.71. The Labute approximate surface area is 389 Å². The summed E-state index contributed by atoms with van der Waals surface area (Å²) in [5, 5.41) is 0. The minimum Gasteiger partial charge on any atom is -0.497 e. The number of hydrogen-bond acceptors (Lipinski definition) is 12. The van der Waals surface area contributed by atoms with Crippen LogP contribution in [0.4, 0.5) is 0 Å². The number of hydrogen-bond donors (Lipinski definition) is 0. The highest BCUT2D eigenvalue weighted by molar-refractivity contribution is 5.35. The first-order valence-corrected chi connectivity index (χ1v) is 22.7. The van der Waals surface area contributed by atoms with Gasteiger partial charge in [-0.15, -0.1) is 0 Å². The topological polar surface area (TPSA) is 74.8 Å². The third-order valence-corrected chi connectivity index (χ3v) is 14.0. The van der Waals surface area contributed by atoms with E-state index in [2.05, 4.69) is 175 Å². The number of methoxy groups -OCH3 is 6. The summed E-state index contributed by atoms with van der Waals surface area (Å²) in [4.78, 5) is 16.9. The summed E-state index contributed by atoms with van der Waals surface area (Å²) in [6.45, 7) is 4.45. The minimum absolute atomic E-state index is 0.00320. The lowest BCUT2D eigenvalue weighted by Crippen LogP contribution is -2.73. The van der Waals surface area contributed by atoms with Gasteiger partial charge in [0, 0.05) is 39.3 Å². The predicted octanol–water partition coefficient (Wildman–Crippen LogP) is 8.06. The van der Waals surface area contributed by atoms with Crippen molar-refractivity contribution in [2.24, 2.45) is 0 Å².